The highest BCUT2D eigenvalue weighted by molar-refractivity contribution is 5.95. The van der Waals surface area contributed by atoms with Crippen molar-refractivity contribution in [2.24, 2.45) is 0 Å². The van der Waals surface area contributed by atoms with Gasteiger partial charge in [0.25, 0.3) is 5.91 Å². The van der Waals surface area contributed by atoms with Crippen LogP contribution in [0.1, 0.15) is 23.7 Å². The van der Waals surface area contributed by atoms with Crippen molar-refractivity contribution in [3.63, 3.8) is 0 Å². The van der Waals surface area contributed by atoms with E-state index in [4.69, 9.17) is 10.5 Å². The molecule has 4 heteroatoms. The SMILES string of the molecule is CCCNC(=O)c1cc(N)cc(OC)c1. The van der Waals surface area contributed by atoms with E-state index in [-0.39, 0.29) is 5.91 Å². The Morgan fingerprint density at radius 2 is 2.20 bits per heavy atom. The van der Waals surface area contributed by atoms with Crippen molar-refractivity contribution < 1.29 is 9.53 Å². The fourth-order valence-corrected chi connectivity index (χ4v) is 1.21. The number of benzene rings is 1. The van der Waals surface area contributed by atoms with Crippen LogP contribution in [0, 0.1) is 0 Å². The molecule has 0 saturated carbocycles. The van der Waals surface area contributed by atoms with Crippen molar-refractivity contribution in [3.8, 4) is 5.75 Å². The third kappa shape index (κ3) is 3.16. The Kier molecular flexibility index (Phi) is 3.97. The number of rotatable bonds is 4. The number of nitrogen functional groups attached to an aromatic ring is 1. The average molecular weight is 208 g/mol. The monoisotopic (exact) mass is 208 g/mol. The Labute approximate surface area is 89.4 Å². The van der Waals surface area contributed by atoms with Crippen molar-refractivity contribution in [3.05, 3.63) is 23.8 Å². The van der Waals surface area contributed by atoms with Crippen molar-refractivity contribution in [1.29, 1.82) is 0 Å². The summed E-state index contributed by atoms with van der Waals surface area (Å²) in [6, 6.07) is 4.98. The number of ether oxygens (including phenoxy) is 1. The molecule has 0 unspecified atom stereocenters. The minimum Gasteiger partial charge on any atom is -0.497 e. The number of anilines is 1. The Bertz CT molecular complexity index is 350. The molecule has 3 N–H and O–H groups in total. The number of hydrogen-bond donors (Lipinski definition) is 2. The second-order valence-electron chi connectivity index (χ2n) is 3.25. The van der Waals surface area contributed by atoms with Gasteiger partial charge in [0.1, 0.15) is 5.75 Å². The Balaban J connectivity index is 2.83. The summed E-state index contributed by atoms with van der Waals surface area (Å²) in [7, 11) is 1.54. The highest BCUT2D eigenvalue weighted by atomic mass is 16.5. The fraction of sp³-hybridized carbons (Fsp3) is 0.364. The van der Waals surface area contributed by atoms with Crippen LogP contribution in [0.15, 0.2) is 18.2 Å². The maximum Gasteiger partial charge on any atom is 0.251 e. The highest BCUT2D eigenvalue weighted by Crippen LogP contribution is 2.18. The highest BCUT2D eigenvalue weighted by Gasteiger charge is 2.07. The van der Waals surface area contributed by atoms with E-state index in [1.54, 1.807) is 25.3 Å². The van der Waals surface area contributed by atoms with E-state index in [2.05, 4.69) is 5.32 Å². The van der Waals surface area contributed by atoms with E-state index in [9.17, 15) is 4.79 Å². The molecule has 1 rings (SSSR count). The maximum absolute atomic E-state index is 11.6. The molecule has 0 spiro atoms. The lowest BCUT2D eigenvalue weighted by atomic mass is 10.1. The number of hydrogen-bond acceptors (Lipinski definition) is 3. The van der Waals surface area contributed by atoms with Crippen molar-refractivity contribution in [1.82, 2.24) is 5.32 Å². The van der Waals surface area contributed by atoms with E-state index in [1.165, 1.54) is 0 Å². The molecule has 0 atom stereocenters. The van der Waals surface area contributed by atoms with Gasteiger partial charge in [-0.2, -0.15) is 0 Å². The molecular weight excluding hydrogens is 192 g/mol. The molecule has 82 valence electrons. The average Bonchev–Trinajstić information content (AvgIpc) is 2.24. The molecule has 0 aliphatic carbocycles. The predicted molar refractivity (Wildman–Crippen MR) is 60.0 cm³/mol. The van der Waals surface area contributed by atoms with Crippen molar-refractivity contribution in [2.75, 3.05) is 19.4 Å². The number of amides is 1. The number of carbonyl (C=O) groups excluding carboxylic acids is 1. The second-order valence-corrected chi connectivity index (χ2v) is 3.25. The van der Waals surface area contributed by atoms with Crippen molar-refractivity contribution >= 4 is 11.6 Å². The second kappa shape index (κ2) is 5.24. The van der Waals surface area contributed by atoms with Gasteiger partial charge in [0.05, 0.1) is 7.11 Å². The van der Waals surface area contributed by atoms with Crippen LogP contribution in [-0.4, -0.2) is 19.6 Å². The first-order valence-corrected chi connectivity index (χ1v) is 4.90. The van der Waals surface area contributed by atoms with Crippen LogP contribution in [0.25, 0.3) is 0 Å². The van der Waals surface area contributed by atoms with Gasteiger partial charge in [-0.25, -0.2) is 0 Å². The molecule has 0 radical (unpaired) electrons. The molecule has 0 saturated heterocycles. The van der Waals surface area contributed by atoms with Crippen LogP contribution < -0.4 is 15.8 Å². The van der Waals surface area contributed by atoms with Crippen LogP contribution in [0.5, 0.6) is 5.75 Å². The maximum atomic E-state index is 11.6. The number of carbonyl (C=O) groups is 1. The van der Waals surface area contributed by atoms with Crippen LogP contribution in [-0.2, 0) is 0 Å². The summed E-state index contributed by atoms with van der Waals surface area (Å²) < 4.78 is 5.03. The first-order chi connectivity index (χ1) is 7.17. The van der Waals surface area contributed by atoms with Gasteiger partial charge in [0.15, 0.2) is 0 Å². The lowest BCUT2D eigenvalue weighted by Crippen LogP contribution is -2.24. The summed E-state index contributed by atoms with van der Waals surface area (Å²) in [4.78, 5) is 11.6. The van der Waals surface area contributed by atoms with Gasteiger partial charge in [-0.3, -0.25) is 4.79 Å². The lowest BCUT2D eigenvalue weighted by Gasteiger charge is -2.07. The van der Waals surface area contributed by atoms with Crippen LogP contribution in [0.4, 0.5) is 5.69 Å². The molecule has 0 aliphatic heterocycles. The van der Waals surface area contributed by atoms with Gasteiger partial charge in [0.2, 0.25) is 0 Å². The number of methoxy groups -OCH3 is 1. The van der Waals surface area contributed by atoms with Crippen LogP contribution in [0.3, 0.4) is 0 Å². The minimum absolute atomic E-state index is 0.123. The van der Waals surface area contributed by atoms with E-state index in [0.717, 1.165) is 6.42 Å². The molecule has 1 aromatic carbocycles. The first kappa shape index (κ1) is 11.4. The van der Waals surface area contributed by atoms with Gasteiger partial charge in [-0.15, -0.1) is 0 Å². The first-order valence-electron chi connectivity index (χ1n) is 4.90. The van der Waals surface area contributed by atoms with Crippen LogP contribution in [0.2, 0.25) is 0 Å². The Morgan fingerprint density at radius 1 is 1.47 bits per heavy atom. The molecule has 1 aromatic rings. The Morgan fingerprint density at radius 3 is 2.80 bits per heavy atom. The van der Waals surface area contributed by atoms with Crippen LogP contribution >= 0.6 is 0 Å². The quantitative estimate of drug-likeness (QED) is 0.735. The number of nitrogens with one attached hydrogen (secondary N) is 1. The normalized spacial score (nSPS) is 9.73. The Hall–Kier alpha value is -1.71. The molecule has 1 amide bonds. The fourth-order valence-electron chi connectivity index (χ4n) is 1.21. The third-order valence-electron chi connectivity index (χ3n) is 1.96. The zero-order valence-electron chi connectivity index (χ0n) is 9.04. The van der Waals surface area contributed by atoms with Gasteiger partial charge in [0, 0.05) is 23.9 Å². The number of nitrogens with two attached hydrogens (primary N) is 1. The van der Waals surface area contributed by atoms with Gasteiger partial charge >= 0.3 is 0 Å². The van der Waals surface area contributed by atoms with E-state index < -0.39 is 0 Å². The van der Waals surface area contributed by atoms with Gasteiger partial charge in [-0.05, 0) is 18.6 Å². The molecule has 0 aromatic heterocycles. The summed E-state index contributed by atoms with van der Waals surface area (Å²) >= 11 is 0. The summed E-state index contributed by atoms with van der Waals surface area (Å²) in [5.41, 5.74) is 6.69. The van der Waals surface area contributed by atoms with Crippen molar-refractivity contribution in [2.45, 2.75) is 13.3 Å². The standard InChI is InChI=1S/C11H16N2O2/c1-3-4-13-11(14)8-5-9(12)7-10(6-8)15-2/h5-7H,3-4,12H2,1-2H3,(H,13,14). The zero-order valence-corrected chi connectivity index (χ0v) is 9.04. The molecule has 0 aliphatic rings. The molecular formula is C11H16N2O2. The third-order valence-corrected chi connectivity index (χ3v) is 1.96. The summed E-state index contributed by atoms with van der Waals surface area (Å²) in [5, 5.41) is 2.78. The predicted octanol–water partition coefficient (Wildman–Crippen LogP) is 1.42. The lowest BCUT2D eigenvalue weighted by molar-refractivity contribution is 0.0953. The largest absolute Gasteiger partial charge is 0.497 e. The molecule has 0 bridgehead atoms. The molecule has 15 heavy (non-hydrogen) atoms. The minimum atomic E-state index is -0.123. The summed E-state index contributed by atoms with van der Waals surface area (Å²) in [6.07, 6.45) is 0.908. The molecule has 0 heterocycles. The van der Waals surface area contributed by atoms with E-state index >= 15 is 0 Å². The molecule has 4 nitrogen and oxygen atoms in total. The summed E-state index contributed by atoms with van der Waals surface area (Å²) in [6.45, 7) is 2.66. The summed E-state index contributed by atoms with van der Waals surface area (Å²) in [5.74, 6) is 0.471. The van der Waals surface area contributed by atoms with Gasteiger partial charge in [-0.1, -0.05) is 6.92 Å². The molecule has 0 fully saturated rings. The van der Waals surface area contributed by atoms with E-state index in [0.29, 0.717) is 23.5 Å². The zero-order chi connectivity index (χ0) is 11.3. The van der Waals surface area contributed by atoms with E-state index in [1.807, 2.05) is 6.92 Å². The smallest absolute Gasteiger partial charge is 0.251 e. The van der Waals surface area contributed by atoms with Gasteiger partial charge < -0.3 is 15.8 Å². The topological polar surface area (TPSA) is 64.4 Å².